The van der Waals surface area contributed by atoms with Crippen LogP contribution >= 0.6 is 15.9 Å². The topological polar surface area (TPSA) is 38.7 Å². The van der Waals surface area contributed by atoms with Crippen LogP contribution in [0.2, 0.25) is 0 Å². The van der Waals surface area contributed by atoms with E-state index in [1.165, 1.54) is 12.8 Å². The monoisotopic (exact) mass is 312 g/mol. The second-order valence-electron chi connectivity index (χ2n) is 5.07. The minimum absolute atomic E-state index is 0.413. The van der Waals surface area contributed by atoms with E-state index in [0.29, 0.717) is 19.1 Å². The van der Waals surface area contributed by atoms with Crippen molar-refractivity contribution in [2.45, 2.75) is 31.8 Å². The molecule has 3 rings (SSSR count). The van der Waals surface area contributed by atoms with Crippen LogP contribution in [-0.4, -0.2) is 18.3 Å². The maximum atomic E-state index is 10.3. The molecule has 0 spiro atoms. The molecule has 1 heterocycles. The number of fused-ring (bicyclic) bond motifs is 1. The van der Waals surface area contributed by atoms with Crippen molar-refractivity contribution in [3.8, 4) is 11.5 Å². The molecule has 1 aromatic rings. The van der Waals surface area contributed by atoms with Gasteiger partial charge in [-0.3, -0.25) is 0 Å². The summed E-state index contributed by atoms with van der Waals surface area (Å²) in [5.41, 5.74) is 0.908. The van der Waals surface area contributed by atoms with Crippen molar-refractivity contribution in [2.24, 2.45) is 5.92 Å². The van der Waals surface area contributed by atoms with Gasteiger partial charge in [0.05, 0.1) is 19.3 Å². The molecule has 1 aliphatic carbocycles. The van der Waals surface area contributed by atoms with Gasteiger partial charge in [-0.25, -0.2) is 0 Å². The number of hydrogen-bond acceptors (Lipinski definition) is 3. The van der Waals surface area contributed by atoms with Crippen LogP contribution in [0, 0.1) is 5.92 Å². The van der Waals surface area contributed by atoms with Gasteiger partial charge in [-0.2, -0.15) is 0 Å². The van der Waals surface area contributed by atoms with Gasteiger partial charge in [0.2, 0.25) is 0 Å². The lowest BCUT2D eigenvalue weighted by Gasteiger charge is -2.16. The number of halogens is 1. The van der Waals surface area contributed by atoms with Crippen LogP contribution in [0.5, 0.6) is 11.5 Å². The third kappa shape index (κ3) is 2.64. The molecule has 1 saturated carbocycles. The highest BCUT2D eigenvalue weighted by molar-refractivity contribution is 9.10. The van der Waals surface area contributed by atoms with E-state index < -0.39 is 6.10 Å². The van der Waals surface area contributed by atoms with Gasteiger partial charge in [-0.1, -0.05) is 28.8 Å². The van der Waals surface area contributed by atoms with Crippen molar-refractivity contribution in [1.29, 1.82) is 0 Å². The third-order valence-corrected chi connectivity index (χ3v) is 4.17. The Kier molecular flexibility index (Phi) is 3.48. The summed E-state index contributed by atoms with van der Waals surface area (Å²) in [5, 5.41) is 10.3. The average Bonchev–Trinajstić information content (AvgIpc) is 3.14. The Bertz CT molecular complexity index is 443. The smallest absolute Gasteiger partial charge is 0.162 e. The van der Waals surface area contributed by atoms with E-state index in [-0.39, 0.29) is 0 Å². The van der Waals surface area contributed by atoms with E-state index >= 15 is 0 Å². The van der Waals surface area contributed by atoms with E-state index in [2.05, 4.69) is 15.9 Å². The summed E-state index contributed by atoms with van der Waals surface area (Å²) in [6, 6.07) is 3.82. The molecule has 0 aromatic heterocycles. The second kappa shape index (κ2) is 5.10. The largest absolute Gasteiger partial charge is 0.490 e. The minimum atomic E-state index is -0.413. The van der Waals surface area contributed by atoms with Gasteiger partial charge in [0.15, 0.2) is 11.5 Å². The maximum Gasteiger partial charge on any atom is 0.162 e. The molecular formula is C14H17BrO3. The molecule has 2 aliphatic rings. The van der Waals surface area contributed by atoms with Crippen LogP contribution in [-0.2, 0) is 0 Å². The van der Waals surface area contributed by atoms with Crippen LogP contribution in [0.4, 0.5) is 0 Å². The zero-order valence-electron chi connectivity index (χ0n) is 10.2. The molecule has 1 fully saturated rings. The van der Waals surface area contributed by atoms with E-state index in [9.17, 15) is 5.11 Å². The summed E-state index contributed by atoms with van der Waals surface area (Å²) < 4.78 is 12.2. The number of rotatable bonds is 3. The van der Waals surface area contributed by atoms with Crippen molar-refractivity contribution < 1.29 is 14.6 Å². The Balaban J connectivity index is 1.86. The molecule has 1 atom stereocenters. The molecule has 0 radical (unpaired) electrons. The zero-order valence-corrected chi connectivity index (χ0v) is 11.8. The lowest BCUT2D eigenvalue weighted by molar-refractivity contribution is 0.159. The zero-order chi connectivity index (χ0) is 12.5. The lowest BCUT2D eigenvalue weighted by Crippen LogP contribution is -2.01. The fraction of sp³-hybridized carbons (Fsp3) is 0.571. The highest BCUT2D eigenvalue weighted by atomic mass is 79.9. The third-order valence-electron chi connectivity index (χ3n) is 3.48. The van der Waals surface area contributed by atoms with E-state index in [0.717, 1.165) is 34.4 Å². The van der Waals surface area contributed by atoms with E-state index in [1.807, 2.05) is 12.1 Å². The molecule has 1 aliphatic heterocycles. The van der Waals surface area contributed by atoms with Gasteiger partial charge in [0.25, 0.3) is 0 Å². The predicted molar refractivity (Wildman–Crippen MR) is 72.0 cm³/mol. The first kappa shape index (κ1) is 12.3. The standard InChI is InChI=1S/C14H17BrO3/c15-11-8-14-13(17-4-1-5-18-14)7-10(11)12(16)6-9-2-3-9/h7-9,12,16H,1-6H2. The number of aliphatic hydroxyl groups excluding tert-OH is 1. The minimum Gasteiger partial charge on any atom is -0.490 e. The highest BCUT2D eigenvalue weighted by Gasteiger charge is 2.27. The highest BCUT2D eigenvalue weighted by Crippen LogP contribution is 2.42. The van der Waals surface area contributed by atoms with Gasteiger partial charge in [0, 0.05) is 10.9 Å². The molecular weight excluding hydrogens is 296 g/mol. The first-order valence-electron chi connectivity index (χ1n) is 6.51. The number of aliphatic hydroxyl groups is 1. The Morgan fingerprint density at radius 1 is 1.22 bits per heavy atom. The molecule has 98 valence electrons. The molecule has 18 heavy (non-hydrogen) atoms. The number of benzene rings is 1. The van der Waals surface area contributed by atoms with Crippen LogP contribution in [0.3, 0.4) is 0 Å². The summed E-state index contributed by atoms with van der Waals surface area (Å²) in [5.74, 6) is 2.21. The summed E-state index contributed by atoms with van der Waals surface area (Å²) in [7, 11) is 0. The molecule has 1 aromatic carbocycles. The Labute approximate surface area is 115 Å². The quantitative estimate of drug-likeness (QED) is 0.929. The van der Waals surface area contributed by atoms with Crippen LogP contribution in [0.25, 0.3) is 0 Å². The lowest BCUT2D eigenvalue weighted by atomic mass is 10.0. The Morgan fingerprint density at radius 2 is 1.89 bits per heavy atom. The van der Waals surface area contributed by atoms with Crippen molar-refractivity contribution in [2.75, 3.05) is 13.2 Å². The van der Waals surface area contributed by atoms with Gasteiger partial charge in [-0.15, -0.1) is 0 Å². The summed E-state index contributed by atoms with van der Waals surface area (Å²) in [6.07, 6.45) is 3.83. The van der Waals surface area contributed by atoms with Crippen molar-refractivity contribution in [3.63, 3.8) is 0 Å². The molecule has 0 saturated heterocycles. The Hall–Kier alpha value is -0.740. The maximum absolute atomic E-state index is 10.3. The molecule has 3 nitrogen and oxygen atoms in total. The summed E-state index contributed by atoms with van der Waals surface area (Å²) in [4.78, 5) is 0. The molecule has 1 unspecified atom stereocenters. The van der Waals surface area contributed by atoms with Crippen molar-refractivity contribution in [3.05, 3.63) is 22.2 Å². The Morgan fingerprint density at radius 3 is 2.56 bits per heavy atom. The van der Waals surface area contributed by atoms with Gasteiger partial charge in [-0.05, 0) is 30.0 Å². The predicted octanol–water partition coefficient (Wildman–Crippen LogP) is 3.44. The average molecular weight is 313 g/mol. The van der Waals surface area contributed by atoms with Crippen LogP contribution < -0.4 is 9.47 Å². The van der Waals surface area contributed by atoms with Gasteiger partial charge >= 0.3 is 0 Å². The SMILES string of the molecule is OC(CC1CC1)c1cc2c(cc1Br)OCCCO2. The molecule has 4 heteroatoms. The van der Waals surface area contributed by atoms with Crippen molar-refractivity contribution >= 4 is 15.9 Å². The van der Waals surface area contributed by atoms with Gasteiger partial charge in [0.1, 0.15) is 0 Å². The van der Waals surface area contributed by atoms with Crippen LogP contribution in [0.1, 0.15) is 37.4 Å². The fourth-order valence-corrected chi connectivity index (χ4v) is 2.84. The summed E-state index contributed by atoms with van der Waals surface area (Å²) >= 11 is 3.52. The number of ether oxygens (including phenoxy) is 2. The first-order valence-corrected chi connectivity index (χ1v) is 7.30. The second-order valence-corrected chi connectivity index (χ2v) is 5.92. The van der Waals surface area contributed by atoms with Gasteiger partial charge < -0.3 is 14.6 Å². The molecule has 1 N–H and O–H groups in total. The van der Waals surface area contributed by atoms with Crippen molar-refractivity contribution in [1.82, 2.24) is 0 Å². The van der Waals surface area contributed by atoms with Crippen LogP contribution in [0.15, 0.2) is 16.6 Å². The fourth-order valence-electron chi connectivity index (χ4n) is 2.25. The normalized spacial score (nSPS) is 20.3. The summed E-state index contributed by atoms with van der Waals surface area (Å²) in [6.45, 7) is 1.36. The number of hydrogen-bond donors (Lipinski definition) is 1. The molecule has 0 bridgehead atoms. The van der Waals surface area contributed by atoms with E-state index in [4.69, 9.17) is 9.47 Å². The molecule has 0 amide bonds. The first-order chi connectivity index (χ1) is 8.74. The van der Waals surface area contributed by atoms with E-state index in [1.54, 1.807) is 0 Å².